The molecule has 0 fully saturated rings. The van der Waals surface area contributed by atoms with Gasteiger partial charge >= 0.3 is 0 Å². The van der Waals surface area contributed by atoms with E-state index in [0.717, 1.165) is 30.8 Å². The molecule has 2 aliphatic rings. The molecule has 3 heteroatoms. The molecule has 1 N–H and O–H groups in total. The van der Waals surface area contributed by atoms with Crippen molar-refractivity contribution in [2.24, 2.45) is 5.41 Å². The number of hydrogen-bond donors (Lipinski definition) is 1. The lowest BCUT2D eigenvalue weighted by Crippen LogP contribution is -2.49. The van der Waals surface area contributed by atoms with E-state index in [1.165, 1.54) is 5.57 Å². The zero-order chi connectivity index (χ0) is 14.3. The van der Waals surface area contributed by atoms with Gasteiger partial charge in [-0.15, -0.1) is 0 Å². The van der Waals surface area contributed by atoms with Crippen molar-refractivity contribution < 1.29 is 4.79 Å². The summed E-state index contributed by atoms with van der Waals surface area (Å²) >= 11 is 0. The van der Waals surface area contributed by atoms with E-state index in [1.54, 1.807) is 0 Å². The summed E-state index contributed by atoms with van der Waals surface area (Å²) in [4.78, 5) is 14.7. The Morgan fingerprint density at radius 1 is 1.30 bits per heavy atom. The molecule has 106 valence electrons. The van der Waals surface area contributed by atoms with Crippen LogP contribution in [0.5, 0.6) is 0 Å². The Hall–Kier alpha value is -1.77. The molecule has 0 bridgehead atoms. The second-order valence-electron chi connectivity index (χ2n) is 6.65. The van der Waals surface area contributed by atoms with E-state index in [1.807, 2.05) is 18.2 Å². The molecule has 0 saturated carbocycles. The van der Waals surface area contributed by atoms with Crippen LogP contribution in [-0.4, -0.2) is 18.5 Å². The summed E-state index contributed by atoms with van der Waals surface area (Å²) in [5, 5.41) is 3.04. The standard InChI is InChI=1S/C17H22N2O/c1-12-10-15-16(20)18-13-6-4-5-7-14(13)19(15)9-8-17(2,3)11-12/h4-7,11,15H,8-10H2,1-3H3,(H,18,20)/b12-11+. The molecule has 1 aromatic rings. The first kappa shape index (κ1) is 13.2. The average molecular weight is 270 g/mol. The third kappa shape index (κ3) is 2.33. The van der Waals surface area contributed by atoms with Crippen LogP contribution in [0.15, 0.2) is 35.9 Å². The third-order valence-corrected chi connectivity index (χ3v) is 4.30. The normalized spacial score (nSPS) is 27.4. The average Bonchev–Trinajstić information content (AvgIpc) is 2.36. The van der Waals surface area contributed by atoms with Crippen LogP contribution in [0.3, 0.4) is 0 Å². The molecule has 3 rings (SSSR count). The number of carbonyl (C=O) groups is 1. The van der Waals surface area contributed by atoms with Crippen LogP contribution in [0.4, 0.5) is 11.4 Å². The minimum absolute atomic E-state index is 0.0720. The van der Waals surface area contributed by atoms with Crippen molar-refractivity contribution in [3.8, 4) is 0 Å². The predicted octanol–water partition coefficient (Wildman–Crippen LogP) is 3.58. The molecule has 20 heavy (non-hydrogen) atoms. The maximum absolute atomic E-state index is 12.4. The van der Waals surface area contributed by atoms with E-state index in [2.05, 4.69) is 43.1 Å². The number of carbonyl (C=O) groups excluding carboxylic acids is 1. The molecule has 0 aromatic heterocycles. The second kappa shape index (κ2) is 4.65. The van der Waals surface area contributed by atoms with Gasteiger partial charge in [0.1, 0.15) is 6.04 Å². The highest BCUT2D eigenvalue weighted by molar-refractivity contribution is 6.03. The van der Waals surface area contributed by atoms with Crippen molar-refractivity contribution in [3.63, 3.8) is 0 Å². The van der Waals surface area contributed by atoms with Crippen LogP contribution in [0.2, 0.25) is 0 Å². The van der Waals surface area contributed by atoms with Crippen molar-refractivity contribution in [3.05, 3.63) is 35.9 Å². The number of amides is 1. The summed E-state index contributed by atoms with van der Waals surface area (Å²) in [7, 11) is 0. The molecule has 0 spiro atoms. The molecule has 1 atom stereocenters. The fourth-order valence-electron chi connectivity index (χ4n) is 3.35. The van der Waals surface area contributed by atoms with Crippen LogP contribution in [0, 0.1) is 5.41 Å². The van der Waals surface area contributed by atoms with Gasteiger partial charge in [-0.2, -0.15) is 0 Å². The molecule has 3 nitrogen and oxygen atoms in total. The van der Waals surface area contributed by atoms with Crippen LogP contribution >= 0.6 is 0 Å². The summed E-state index contributed by atoms with van der Waals surface area (Å²) in [6.07, 6.45) is 4.20. The summed E-state index contributed by atoms with van der Waals surface area (Å²) in [6, 6.07) is 8.03. The molecule has 0 saturated heterocycles. The number of benzene rings is 1. The topological polar surface area (TPSA) is 32.3 Å². The fraction of sp³-hybridized carbons (Fsp3) is 0.471. The van der Waals surface area contributed by atoms with Gasteiger partial charge in [-0.3, -0.25) is 4.79 Å². The number of nitrogens with zero attached hydrogens (tertiary/aromatic N) is 1. The van der Waals surface area contributed by atoms with Gasteiger partial charge in [0.15, 0.2) is 0 Å². The largest absolute Gasteiger partial charge is 0.358 e. The first-order valence-electron chi connectivity index (χ1n) is 7.31. The Morgan fingerprint density at radius 3 is 2.85 bits per heavy atom. The van der Waals surface area contributed by atoms with Crippen molar-refractivity contribution in [2.75, 3.05) is 16.8 Å². The molecule has 2 heterocycles. The maximum Gasteiger partial charge on any atom is 0.247 e. The monoisotopic (exact) mass is 270 g/mol. The number of fused-ring (bicyclic) bond motifs is 3. The van der Waals surface area contributed by atoms with Crippen molar-refractivity contribution >= 4 is 17.3 Å². The smallest absolute Gasteiger partial charge is 0.247 e. The number of para-hydroxylation sites is 2. The van der Waals surface area contributed by atoms with E-state index in [4.69, 9.17) is 0 Å². The van der Waals surface area contributed by atoms with Gasteiger partial charge in [0.2, 0.25) is 5.91 Å². The number of nitrogens with one attached hydrogen (secondary N) is 1. The molecule has 0 aliphatic carbocycles. The van der Waals surface area contributed by atoms with E-state index in [9.17, 15) is 4.79 Å². The van der Waals surface area contributed by atoms with Gasteiger partial charge in [0.05, 0.1) is 11.4 Å². The highest BCUT2D eigenvalue weighted by Crippen LogP contribution is 2.37. The number of allylic oxidation sites excluding steroid dienone is 1. The molecule has 0 radical (unpaired) electrons. The third-order valence-electron chi connectivity index (χ3n) is 4.30. The van der Waals surface area contributed by atoms with Gasteiger partial charge in [0.25, 0.3) is 0 Å². The Bertz CT molecular complexity index is 574. The highest BCUT2D eigenvalue weighted by Gasteiger charge is 2.35. The minimum atomic E-state index is -0.0720. The lowest BCUT2D eigenvalue weighted by Gasteiger charge is -2.41. The molecule has 2 aliphatic heterocycles. The van der Waals surface area contributed by atoms with E-state index < -0.39 is 0 Å². The zero-order valence-corrected chi connectivity index (χ0v) is 12.4. The SMILES string of the molecule is C/C1=C\C(C)(C)CCN2c3ccccc3NC(=O)C2C1. The lowest BCUT2D eigenvalue weighted by atomic mass is 9.83. The van der Waals surface area contributed by atoms with Crippen molar-refractivity contribution in [1.82, 2.24) is 0 Å². The van der Waals surface area contributed by atoms with Crippen LogP contribution in [0.1, 0.15) is 33.6 Å². The number of hydrogen-bond acceptors (Lipinski definition) is 2. The lowest BCUT2D eigenvalue weighted by molar-refractivity contribution is -0.117. The summed E-state index contributed by atoms with van der Waals surface area (Å²) < 4.78 is 0. The molecule has 1 unspecified atom stereocenters. The quantitative estimate of drug-likeness (QED) is 0.731. The van der Waals surface area contributed by atoms with E-state index in [0.29, 0.717) is 0 Å². The molecule has 1 aromatic carbocycles. The minimum Gasteiger partial charge on any atom is -0.358 e. The van der Waals surface area contributed by atoms with Gasteiger partial charge in [0, 0.05) is 6.54 Å². The highest BCUT2D eigenvalue weighted by atomic mass is 16.2. The van der Waals surface area contributed by atoms with Gasteiger partial charge in [-0.1, -0.05) is 37.6 Å². The summed E-state index contributed by atoms with van der Waals surface area (Å²) in [5.41, 5.74) is 3.59. The first-order valence-corrected chi connectivity index (χ1v) is 7.31. The fourth-order valence-corrected chi connectivity index (χ4v) is 3.35. The Kier molecular flexibility index (Phi) is 3.08. The van der Waals surface area contributed by atoms with Gasteiger partial charge in [-0.05, 0) is 37.3 Å². The van der Waals surface area contributed by atoms with E-state index in [-0.39, 0.29) is 17.4 Å². The van der Waals surface area contributed by atoms with Crippen molar-refractivity contribution in [2.45, 2.75) is 39.7 Å². The first-order chi connectivity index (χ1) is 9.46. The number of rotatable bonds is 0. The van der Waals surface area contributed by atoms with Gasteiger partial charge in [-0.25, -0.2) is 0 Å². The van der Waals surface area contributed by atoms with Crippen LogP contribution in [-0.2, 0) is 4.79 Å². The molecular formula is C17H22N2O. The Labute approximate surface area is 120 Å². The van der Waals surface area contributed by atoms with Gasteiger partial charge < -0.3 is 10.2 Å². The van der Waals surface area contributed by atoms with Crippen LogP contribution < -0.4 is 10.2 Å². The molecular weight excluding hydrogens is 248 g/mol. The number of anilines is 2. The summed E-state index contributed by atoms with van der Waals surface area (Å²) in [6.45, 7) is 7.60. The predicted molar refractivity (Wildman–Crippen MR) is 83.0 cm³/mol. The van der Waals surface area contributed by atoms with E-state index >= 15 is 0 Å². The Balaban J connectivity index is 2.03. The maximum atomic E-state index is 12.4. The molecule has 1 amide bonds. The summed E-state index contributed by atoms with van der Waals surface area (Å²) in [5.74, 6) is 0.121. The zero-order valence-electron chi connectivity index (χ0n) is 12.4. The second-order valence-corrected chi connectivity index (χ2v) is 6.65. The van der Waals surface area contributed by atoms with Crippen LogP contribution in [0.25, 0.3) is 0 Å². The van der Waals surface area contributed by atoms with Crippen molar-refractivity contribution in [1.29, 1.82) is 0 Å². The Morgan fingerprint density at radius 2 is 2.05 bits per heavy atom.